The first-order valence-corrected chi connectivity index (χ1v) is 10.2. The standard InChI is InChI=1S/C20H26N2O4S/c1-5-16(3)21-20(23)14-22(17-8-6-15(2)7-9-17)27(24,25)19-12-10-18(26-4)11-13-19/h6-13,16H,5,14H2,1-4H3,(H,21,23). The molecule has 0 spiro atoms. The normalized spacial score (nSPS) is 12.3. The Kier molecular flexibility index (Phi) is 6.85. The monoisotopic (exact) mass is 390 g/mol. The van der Waals surface area contributed by atoms with Crippen LogP contribution in [-0.2, 0) is 14.8 Å². The molecule has 27 heavy (non-hydrogen) atoms. The largest absolute Gasteiger partial charge is 0.497 e. The average Bonchev–Trinajstić information content (AvgIpc) is 2.66. The third-order valence-corrected chi connectivity index (χ3v) is 6.06. The number of nitrogens with one attached hydrogen (secondary N) is 1. The zero-order valence-corrected chi connectivity index (χ0v) is 16.9. The Labute approximate surface area is 161 Å². The summed E-state index contributed by atoms with van der Waals surface area (Å²) in [6.45, 7) is 5.46. The van der Waals surface area contributed by atoms with Gasteiger partial charge in [-0.25, -0.2) is 8.42 Å². The Balaban J connectivity index is 2.40. The van der Waals surface area contributed by atoms with Crippen molar-refractivity contribution in [1.29, 1.82) is 0 Å². The number of carbonyl (C=O) groups excluding carboxylic acids is 1. The van der Waals surface area contributed by atoms with Crippen LogP contribution in [0.15, 0.2) is 53.4 Å². The number of anilines is 1. The molecule has 0 aliphatic rings. The molecule has 0 aliphatic carbocycles. The molecule has 0 heterocycles. The lowest BCUT2D eigenvalue weighted by Crippen LogP contribution is -2.43. The molecule has 1 unspecified atom stereocenters. The Bertz CT molecular complexity index is 862. The summed E-state index contributed by atoms with van der Waals surface area (Å²) in [5, 5.41) is 2.82. The Morgan fingerprint density at radius 3 is 2.22 bits per heavy atom. The predicted molar refractivity (Wildman–Crippen MR) is 107 cm³/mol. The van der Waals surface area contributed by atoms with Crippen molar-refractivity contribution >= 4 is 21.6 Å². The van der Waals surface area contributed by atoms with E-state index in [2.05, 4.69) is 5.32 Å². The summed E-state index contributed by atoms with van der Waals surface area (Å²) in [7, 11) is -2.40. The van der Waals surface area contributed by atoms with Crippen molar-refractivity contribution in [2.75, 3.05) is 18.0 Å². The fourth-order valence-corrected chi connectivity index (χ4v) is 3.87. The minimum atomic E-state index is -3.91. The van der Waals surface area contributed by atoms with Gasteiger partial charge in [-0.3, -0.25) is 9.10 Å². The van der Waals surface area contributed by atoms with Gasteiger partial charge in [-0.2, -0.15) is 0 Å². The maximum atomic E-state index is 13.2. The second-order valence-corrected chi connectivity index (χ2v) is 8.26. The SMILES string of the molecule is CCC(C)NC(=O)CN(c1ccc(C)cc1)S(=O)(=O)c1ccc(OC)cc1. The van der Waals surface area contributed by atoms with Crippen molar-refractivity contribution in [3.8, 4) is 5.75 Å². The number of methoxy groups -OCH3 is 1. The third-order valence-electron chi connectivity index (χ3n) is 4.28. The Morgan fingerprint density at radius 2 is 1.70 bits per heavy atom. The van der Waals surface area contributed by atoms with Crippen LogP contribution in [-0.4, -0.2) is 34.0 Å². The molecule has 0 saturated carbocycles. The van der Waals surface area contributed by atoms with Gasteiger partial charge in [-0.1, -0.05) is 24.6 Å². The highest BCUT2D eigenvalue weighted by Gasteiger charge is 2.27. The first-order valence-electron chi connectivity index (χ1n) is 8.80. The number of sulfonamides is 1. The second kappa shape index (κ2) is 8.90. The van der Waals surface area contributed by atoms with E-state index in [1.807, 2.05) is 32.9 Å². The van der Waals surface area contributed by atoms with E-state index in [1.54, 1.807) is 24.3 Å². The molecule has 6 nitrogen and oxygen atoms in total. The van der Waals surface area contributed by atoms with Gasteiger partial charge in [0.15, 0.2) is 0 Å². The van der Waals surface area contributed by atoms with E-state index in [4.69, 9.17) is 4.74 Å². The van der Waals surface area contributed by atoms with Crippen LogP contribution in [0.5, 0.6) is 5.75 Å². The summed E-state index contributed by atoms with van der Waals surface area (Å²) < 4.78 is 32.6. The lowest BCUT2D eigenvalue weighted by molar-refractivity contribution is -0.120. The molecule has 0 radical (unpaired) electrons. The molecule has 1 atom stereocenters. The molecule has 2 rings (SSSR count). The van der Waals surface area contributed by atoms with Gasteiger partial charge in [0, 0.05) is 6.04 Å². The molecular formula is C20H26N2O4S. The van der Waals surface area contributed by atoms with Crippen LogP contribution in [0.2, 0.25) is 0 Å². The zero-order chi connectivity index (χ0) is 20.0. The molecule has 1 N–H and O–H groups in total. The number of hydrogen-bond donors (Lipinski definition) is 1. The minimum absolute atomic E-state index is 0.0268. The second-order valence-electron chi connectivity index (χ2n) is 6.40. The van der Waals surface area contributed by atoms with E-state index in [0.717, 1.165) is 16.3 Å². The fraction of sp³-hybridized carbons (Fsp3) is 0.350. The molecule has 146 valence electrons. The number of amides is 1. The number of hydrogen-bond acceptors (Lipinski definition) is 4. The lowest BCUT2D eigenvalue weighted by atomic mass is 10.2. The molecule has 0 aliphatic heterocycles. The Hall–Kier alpha value is -2.54. The van der Waals surface area contributed by atoms with Crippen molar-refractivity contribution in [2.45, 2.75) is 38.1 Å². The van der Waals surface area contributed by atoms with Crippen molar-refractivity contribution in [3.05, 3.63) is 54.1 Å². The maximum absolute atomic E-state index is 13.2. The molecule has 0 fully saturated rings. The van der Waals surface area contributed by atoms with Crippen LogP contribution in [0.25, 0.3) is 0 Å². The molecule has 7 heteroatoms. The van der Waals surface area contributed by atoms with Crippen LogP contribution < -0.4 is 14.4 Å². The van der Waals surface area contributed by atoms with E-state index >= 15 is 0 Å². The number of carbonyl (C=O) groups is 1. The molecule has 2 aromatic carbocycles. The summed E-state index contributed by atoms with van der Waals surface area (Å²) in [6, 6.07) is 13.1. The van der Waals surface area contributed by atoms with Gasteiger partial charge >= 0.3 is 0 Å². The van der Waals surface area contributed by atoms with Gasteiger partial charge in [0.05, 0.1) is 17.7 Å². The quantitative estimate of drug-likeness (QED) is 0.751. The van der Waals surface area contributed by atoms with Crippen LogP contribution in [0, 0.1) is 6.92 Å². The van der Waals surface area contributed by atoms with Gasteiger partial charge in [0.1, 0.15) is 12.3 Å². The fourth-order valence-electron chi connectivity index (χ4n) is 2.45. The van der Waals surface area contributed by atoms with Gasteiger partial charge < -0.3 is 10.1 Å². The first-order chi connectivity index (χ1) is 12.8. The highest BCUT2D eigenvalue weighted by molar-refractivity contribution is 7.92. The van der Waals surface area contributed by atoms with Crippen molar-refractivity contribution in [1.82, 2.24) is 5.32 Å². The van der Waals surface area contributed by atoms with Crippen LogP contribution >= 0.6 is 0 Å². The van der Waals surface area contributed by atoms with E-state index in [9.17, 15) is 13.2 Å². The first kappa shape index (κ1) is 20.8. The lowest BCUT2D eigenvalue weighted by Gasteiger charge is -2.25. The van der Waals surface area contributed by atoms with E-state index in [-0.39, 0.29) is 23.4 Å². The van der Waals surface area contributed by atoms with E-state index in [1.165, 1.54) is 19.2 Å². The summed E-state index contributed by atoms with van der Waals surface area (Å²) in [6.07, 6.45) is 0.765. The number of rotatable bonds is 8. The molecule has 0 saturated heterocycles. The van der Waals surface area contributed by atoms with E-state index in [0.29, 0.717) is 11.4 Å². The molecule has 0 aromatic heterocycles. The van der Waals surface area contributed by atoms with Crippen LogP contribution in [0.4, 0.5) is 5.69 Å². The van der Waals surface area contributed by atoms with Crippen molar-refractivity contribution < 1.29 is 17.9 Å². The minimum Gasteiger partial charge on any atom is -0.497 e. The van der Waals surface area contributed by atoms with Gasteiger partial charge in [0.2, 0.25) is 5.91 Å². The van der Waals surface area contributed by atoms with E-state index < -0.39 is 10.0 Å². The topological polar surface area (TPSA) is 75.7 Å². The highest BCUT2D eigenvalue weighted by atomic mass is 32.2. The summed E-state index contributed by atoms with van der Waals surface area (Å²) in [5.74, 6) is 0.215. The van der Waals surface area contributed by atoms with Crippen molar-refractivity contribution in [2.24, 2.45) is 0 Å². The molecule has 1 amide bonds. The zero-order valence-electron chi connectivity index (χ0n) is 16.1. The third kappa shape index (κ3) is 5.23. The number of nitrogens with zero attached hydrogens (tertiary/aromatic N) is 1. The number of ether oxygens (including phenoxy) is 1. The predicted octanol–water partition coefficient (Wildman–Crippen LogP) is 3.11. The van der Waals surface area contributed by atoms with Gasteiger partial charge in [-0.15, -0.1) is 0 Å². The Morgan fingerprint density at radius 1 is 1.11 bits per heavy atom. The molecule has 2 aromatic rings. The van der Waals surface area contributed by atoms with Crippen LogP contribution in [0.3, 0.4) is 0 Å². The van der Waals surface area contributed by atoms with Gasteiger partial charge in [0.25, 0.3) is 10.0 Å². The highest BCUT2D eigenvalue weighted by Crippen LogP contribution is 2.25. The summed E-state index contributed by atoms with van der Waals surface area (Å²) in [5.41, 5.74) is 1.44. The van der Waals surface area contributed by atoms with Crippen LogP contribution in [0.1, 0.15) is 25.8 Å². The smallest absolute Gasteiger partial charge is 0.264 e. The maximum Gasteiger partial charge on any atom is 0.264 e. The van der Waals surface area contributed by atoms with Crippen molar-refractivity contribution in [3.63, 3.8) is 0 Å². The molecular weight excluding hydrogens is 364 g/mol. The average molecular weight is 391 g/mol. The number of aryl methyl sites for hydroxylation is 1. The summed E-state index contributed by atoms with van der Waals surface area (Å²) >= 11 is 0. The summed E-state index contributed by atoms with van der Waals surface area (Å²) in [4.78, 5) is 12.5. The number of benzene rings is 2. The molecule has 0 bridgehead atoms. The van der Waals surface area contributed by atoms with Gasteiger partial charge in [-0.05, 0) is 56.7 Å².